The van der Waals surface area contributed by atoms with Crippen LogP contribution in [0.1, 0.15) is 33.1 Å². The average Bonchev–Trinajstić information content (AvgIpc) is 1.88. The van der Waals surface area contributed by atoms with E-state index in [0.29, 0.717) is 0 Å². The van der Waals surface area contributed by atoms with E-state index < -0.39 is 0 Å². The van der Waals surface area contributed by atoms with Gasteiger partial charge in [0, 0.05) is 22.6 Å². The Hall–Kier alpha value is 0.140. The van der Waals surface area contributed by atoms with Crippen molar-refractivity contribution in [1.29, 1.82) is 0 Å². The van der Waals surface area contributed by atoms with Gasteiger partial charge in [-0.3, -0.25) is 4.79 Å². The van der Waals surface area contributed by atoms with Gasteiger partial charge in [0.25, 0.3) is 0 Å². The Balaban J connectivity index is 3.58. The second kappa shape index (κ2) is 5.89. The third-order valence-electron chi connectivity index (χ3n) is 1.32. The number of rotatable bonds is 4. The van der Waals surface area contributed by atoms with Gasteiger partial charge in [0.2, 0.25) is 3.79 Å². The van der Waals surface area contributed by atoms with Crippen molar-refractivity contribution in [3.8, 4) is 0 Å². The highest BCUT2D eigenvalue weighted by atomic mass is 127. The summed E-state index contributed by atoms with van der Waals surface area (Å²) in [7, 11) is 0. The third-order valence-corrected chi connectivity index (χ3v) is 2.17. The zero-order valence-electron chi connectivity index (χ0n) is 6.48. The third kappa shape index (κ3) is 4.97. The number of unbranched alkanes of at least 4 members (excludes halogenated alkanes) is 2. The Morgan fingerprint density at radius 1 is 1.60 bits per heavy atom. The molecular formula is C8H13IO. The summed E-state index contributed by atoms with van der Waals surface area (Å²) in [5, 5.41) is 0. The van der Waals surface area contributed by atoms with Crippen LogP contribution in [0.4, 0.5) is 0 Å². The molecule has 0 aliphatic carbocycles. The maximum atomic E-state index is 10.7. The van der Waals surface area contributed by atoms with Gasteiger partial charge in [-0.2, -0.15) is 0 Å². The molecule has 0 rings (SSSR count). The lowest BCUT2D eigenvalue weighted by atomic mass is 10.2. The van der Waals surface area contributed by atoms with E-state index in [4.69, 9.17) is 0 Å². The molecule has 0 fully saturated rings. The molecule has 0 N–H and O–H groups in total. The molecule has 0 saturated carbocycles. The standard InChI is InChI=1S/C8H13IO/c1-3-4-5-6-7(2)8(9)10/h6H,3-5H2,1-2H3. The molecule has 58 valence electrons. The van der Waals surface area contributed by atoms with Gasteiger partial charge in [-0.05, 0) is 18.9 Å². The zero-order chi connectivity index (χ0) is 7.98. The monoisotopic (exact) mass is 252 g/mol. The summed E-state index contributed by atoms with van der Waals surface area (Å²) in [5.41, 5.74) is 0.883. The fourth-order valence-electron chi connectivity index (χ4n) is 0.603. The Morgan fingerprint density at radius 3 is 2.60 bits per heavy atom. The van der Waals surface area contributed by atoms with E-state index in [1.165, 1.54) is 12.8 Å². The first-order chi connectivity index (χ1) is 4.68. The minimum atomic E-state index is 0.161. The number of halogens is 1. The minimum Gasteiger partial charge on any atom is -0.283 e. The van der Waals surface area contributed by atoms with Crippen LogP contribution in [-0.4, -0.2) is 3.79 Å². The smallest absolute Gasteiger partial charge is 0.217 e. The molecule has 10 heavy (non-hydrogen) atoms. The van der Waals surface area contributed by atoms with E-state index in [-0.39, 0.29) is 3.79 Å². The van der Waals surface area contributed by atoms with Crippen LogP contribution in [0, 0.1) is 0 Å². The van der Waals surface area contributed by atoms with E-state index in [9.17, 15) is 4.79 Å². The second-order valence-electron chi connectivity index (χ2n) is 2.30. The zero-order valence-corrected chi connectivity index (χ0v) is 8.64. The first-order valence-electron chi connectivity index (χ1n) is 3.55. The maximum Gasteiger partial charge on any atom is 0.217 e. The second-order valence-corrected chi connectivity index (χ2v) is 3.28. The van der Waals surface area contributed by atoms with Gasteiger partial charge in [-0.25, -0.2) is 0 Å². The number of hydrogen-bond acceptors (Lipinski definition) is 1. The molecule has 0 heterocycles. The van der Waals surface area contributed by atoms with Crippen LogP contribution in [0.25, 0.3) is 0 Å². The lowest BCUT2D eigenvalue weighted by Crippen LogP contribution is -1.85. The molecule has 0 spiro atoms. The molecule has 1 nitrogen and oxygen atoms in total. The Morgan fingerprint density at radius 2 is 2.20 bits per heavy atom. The summed E-state index contributed by atoms with van der Waals surface area (Å²) >= 11 is 1.81. The van der Waals surface area contributed by atoms with Crippen LogP contribution in [-0.2, 0) is 4.79 Å². The highest BCUT2D eigenvalue weighted by molar-refractivity contribution is 14.1. The molecule has 0 saturated heterocycles. The van der Waals surface area contributed by atoms with Gasteiger partial charge in [0.1, 0.15) is 0 Å². The summed E-state index contributed by atoms with van der Waals surface area (Å²) in [4.78, 5) is 10.7. The number of carbonyl (C=O) groups excluding carboxylic acids is 1. The predicted molar refractivity (Wildman–Crippen MR) is 52.3 cm³/mol. The number of allylic oxidation sites excluding steroid dienone is 2. The van der Waals surface area contributed by atoms with Crippen molar-refractivity contribution in [1.82, 2.24) is 0 Å². The van der Waals surface area contributed by atoms with E-state index in [0.717, 1.165) is 12.0 Å². The molecule has 0 aliphatic heterocycles. The summed E-state index contributed by atoms with van der Waals surface area (Å²) in [5.74, 6) is 0. The molecule has 0 amide bonds. The first-order valence-corrected chi connectivity index (χ1v) is 4.63. The van der Waals surface area contributed by atoms with Crippen molar-refractivity contribution in [3.05, 3.63) is 11.6 Å². The van der Waals surface area contributed by atoms with Gasteiger partial charge in [0.15, 0.2) is 0 Å². The molecule has 0 aromatic carbocycles. The van der Waals surface area contributed by atoms with E-state index in [1.54, 1.807) is 0 Å². The van der Waals surface area contributed by atoms with Crippen molar-refractivity contribution < 1.29 is 4.79 Å². The van der Waals surface area contributed by atoms with Crippen molar-refractivity contribution in [2.45, 2.75) is 33.1 Å². The quantitative estimate of drug-likeness (QED) is 0.325. The first kappa shape index (κ1) is 10.1. The summed E-state index contributed by atoms with van der Waals surface area (Å²) < 4.78 is 0.161. The summed E-state index contributed by atoms with van der Waals surface area (Å²) in [6.45, 7) is 4.01. The summed E-state index contributed by atoms with van der Waals surface area (Å²) in [6, 6.07) is 0. The Labute approximate surface area is 76.0 Å². The highest BCUT2D eigenvalue weighted by Gasteiger charge is 1.95. The largest absolute Gasteiger partial charge is 0.283 e. The molecule has 0 aromatic heterocycles. The number of carbonyl (C=O) groups is 1. The molecular weight excluding hydrogens is 239 g/mol. The molecule has 0 bridgehead atoms. The Bertz CT molecular complexity index is 138. The molecule has 0 atom stereocenters. The van der Waals surface area contributed by atoms with Crippen LogP contribution in [0.3, 0.4) is 0 Å². The van der Waals surface area contributed by atoms with Crippen molar-refractivity contribution in [2.24, 2.45) is 0 Å². The predicted octanol–water partition coefficient (Wildman–Crippen LogP) is 3.08. The van der Waals surface area contributed by atoms with Gasteiger partial charge in [-0.1, -0.05) is 25.8 Å². The van der Waals surface area contributed by atoms with Crippen LogP contribution in [0.5, 0.6) is 0 Å². The molecule has 0 aliphatic rings. The molecule has 0 aromatic rings. The summed E-state index contributed by atoms with van der Waals surface area (Å²) in [6.07, 6.45) is 5.43. The highest BCUT2D eigenvalue weighted by Crippen LogP contribution is 2.05. The molecule has 0 radical (unpaired) electrons. The van der Waals surface area contributed by atoms with Crippen molar-refractivity contribution in [3.63, 3.8) is 0 Å². The minimum absolute atomic E-state index is 0.161. The molecule has 2 heteroatoms. The van der Waals surface area contributed by atoms with Crippen molar-refractivity contribution >= 4 is 26.4 Å². The van der Waals surface area contributed by atoms with Gasteiger partial charge >= 0.3 is 0 Å². The van der Waals surface area contributed by atoms with E-state index in [2.05, 4.69) is 6.92 Å². The van der Waals surface area contributed by atoms with Crippen LogP contribution >= 0.6 is 22.6 Å². The normalized spacial score (nSPS) is 11.7. The lowest BCUT2D eigenvalue weighted by Gasteiger charge is -1.91. The van der Waals surface area contributed by atoms with Gasteiger partial charge in [-0.15, -0.1) is 0 Å². The van der Waals surface area contributed by atoms with Crippen LogP contribution in [0.2, 0.25) is 0 Å². The topological polar surface area (TPSA) is 17.1 Å². The SMILES string of the molecule is CCCCC=C(C)C(=O)I. The van der Waals surface area contributed by atoms with Gasteiger partial charge in [0.05, 0.1) is 0 Å². The van der Waals surface area contributed by atoms with Crippen molar-refractivity contribution in [2.75, 3.05) is 0 Å². The molecule has 0 unspecified atom stereocenters. The average molecular weight is 252 g/mol. The Kier molecular flexibility index (Phi) is 5.97. The lowest BCUT2D eigenvalue weighted by molar-refractivity contribution is -0.106. The fourth-order valence-corrected chi connectivity index (χ4v) is 0.823. The fraction of sp³-hybridized carbons (Fsp3) is 0.625. The van der Waals surface area contributed by atoms with E-state index >= 15 is 0 Å². The maximum absolute atomic E-state index is 10.7. The van der Waals surface area contributed by atoms with E-state index in [1.807, 2.05) is 35.6 Å². The van der Waals surface area contributed by atoms with Gasteiger partial charge < -0.3 is 0 Å². The number of hydrogen-bond donors (Lipinski definition) is 0. The van der Waals surface area contributed by atoms with Crippen LogP contribution < -0.4 is 0 Å². The van der Waals surface area contributed by atoms with Crippen LogP contribution in [0.15, 0.2) is 11.6 Å².